The fourth-order valence-corrected chi connectivity index (χ4v) is 7.05. The van der Waals surface area contributed by atoms with E-state index in [-0.39, 0.29) is 6.04 Å². The average Bonchev–Trinajstić information content (AvgIpc) is 2.84. The van der Waals surface area contributed by atoms with Crippen LogP contribution in [0.25, 0.3) is 0 Å². The maximum Gasteiger partial charge on any atom is 0.0717 e. The summed E-state index contributed by atoms with van der Waals surface area (Å²) in [7, 11) is 0. The summed E-state index contributed by atoms with van der Waals surface area (Å²) in [6, 6.07) is 23.7. The Morgan fingerprint density at radius 1 is 0.939 bits per heavy atom. The zero-order chi connectivity index (χ0) is 22.5. The van der Waals surface area contributed by atoms with E-state index < -0.39 is 0 Å². The predicted octanol–water partition coefficient (Wildman–Crippen LogP) is 6.39. The topological polar surface area (TPSA) is 33.7 Å². The molecule has 1 saturated heterocycles. The van der Waals surface area contributed by atoms with Crippen molar-refractivity contribution in [2.45, 2.75) is 32.2 Å². The molecule has 0 spiro atoms. The van der Waals surface area contributed by atoms with Crippen molar-refractivity contribution in [3.05, 3.63) is 76.8 Å². The first-order valence-corrected chi connectivity index (χ1v) is 13.6. The smallest absolute Gasteiger partial charge is 0.0717 e. The molecular weight excluding hydrogens is 516 g/mol. The van der Waals surface area contributed by atoms with Crippen molar-refractivity contribution in [1.29, 1.82) is 0 Å². The quantitative estimate of drug-likeness (QED) is 0.277. The standard InChI is InChI=1S/C26H27BrN2O2S2/c27-22-7-4-8-24-26(22)33-23-10-9-20(15-25(23)32-24)28-21(16-29-11-13-30-14-12-29)18-31-17-19-5-2-1-3-6-19/h1-10,15,21,28H,11-14,16-18H2. The van der Waals surface area contributed by atoms with Gasteiger partial charge in [0.2, 0.25) is 0 Å². The van der Waals surface area contributed by atoms with E-state index in [1.54, 1.807) is 0 Å². The fourth-order valence-electron chi connectivity index (χ4n) is 4.02. The number of halogens is 1. The summed E-state index contributed by atoms with van der Waals surface area (Å²) in [6.45, 7) is 5.77. The minimum Gasteiger partial charge on any atom is -0.379 e. The zero-order valence-electron chi connectivity index (χ0n) is 18.3. The van der Waals surface area contributed by atoms with E-state index in [4.69, 9.17) is 9.47 Å². The van der Waals surface area contributed by atoms with Crippen LogP contribution in [0.2, 0.25) is 0 Å². The molecule has 0 bridgehead atoms. The molecule has 1 atom stereocenters. The second-order valence-corrected chi connectivity index (χ2v) is 11.2. The van der Waals surface area contributed by atoms with Crippen LogP contribution in [0.15, 0.2) is 90.8 Å². The number of ether oxygens (including phenoxy) is 2. The molecule has 0 saturated carbocycles. The lowest BCUT2D eigenvalue weighted by molar-refractivity contribution is 0.0283. The van der Waals surface area contributed by atoms with E-state index >= 15 is 0 Å². The van der Waals surface area contributed by atoms with Crippen molar-refractivity contribution in [2.24, 2.45) is 0 Å². The molecule has 172 valence electrons. The maximum absolute atomic E-state index is 6.13. The Bertz CT molecular complexity index is 1080. The van der Waals surface area contributed by atoms with Crippen LogP contribution < -0.4 is 5.32 Å². The van der Waals surface area contributed by atoms with Gasteiger partial charge in [-0.3, -0.25) is 4.90 Å². The summed E-state index contributed by atoms with van der Waals surface area (Å²) in [5, 5.41) is 3.76. The van der Waals surface area contributed by atoms with E-state index in [0.29, 0.717) is 13.2 Å². The van der Waals surface area contributed by atoms with Crippen LogP contribution >= 0.6 is 39.5 Å². The Hall–Kier alpha value is -1.48. The SMILES string of the molecule is Brc1cccc2c1Sc1ccc(NC(COCc3ccccc3)CN3CCOCC3)cc1S2. The Labute approximate surface area is 212 Å². The van der Waals surface area contributed by atoms with Gasteiger partial charge in [0.05, 0.1) is 32.5 Å². The molecule has 3 aromatic rings. The first-order valence-electron chi connectivity index (χ1n) is 11.2. The minimum atomic E-state index is 0.201. The van der Waals surface area contributed by atoms with Gasteiger partial charge in [-0.15, -0.1) is 0 Å². The van der Waals surface area contributed by atoms with Gasteiger partial charge < -0.3 is 14.8 Å². The molecule has 0 aromatic heterocycles. The highest BCUT2D eigenvalue weighted by Crippen LogP contribution is 2.51. The van der Waals surface area contributed by atoms with Crippen LogP contribution in [0.3, 0.4) is 0 Å². The highest BCUT2D eigenvalue weighted by molar-refractivity contribution is 9.10. The Kier molecular flexibility index (Phi) is 7.97. The normalized spacial score (nSPS) is 16.6. The summed E-state index contributed by atoms with van der Waals surface area (Å²) >= 11 is 7.37. The van der Waals surface area contributed by atoms with Crippen molar-refractivity contribution >= 4 is 45.1 Å². The van der Waals surface area contributed by atoms with E-state index in [1.165, 1.54) is 25.1 Å². The highest BCUT2D eigenvalue weighted by Gasteiger charge is 2.21. The molecule has 0 aliphatic carbocycles. The Balaban J connectivity index is 1.27. The average molecular weight is 544 g/mol. The number of nitrogens with one attached hydrogen (secondary N) is 1. The molecule has 1 unspecified atom stereocenters. The number of hydrogen-bond acceptors (Lipinski definition) is 6. The molecule has 0 amide bonds. The van der Waals surface area contributed by atoms with Gasteiger partial charge in [-0.1, -0.05) is 59.9 Å². The number of rotatable bonds is 8. The number of morpholine rings is 1. The molecule has 7 heteroatoms. The lowest BCUT2D eigenvalue weighted by Gasteiger charge is -2.31. The van der Waals surface area contributed by atoms with Gasteiger partial charge in [-0.05, 0) is 51.8 Å². The maximum atomic E-state index is 6.13. The third-order valence-corrected chi connectivity index (χ3v) is 9.21. The summed E-state index contributed by atoms with van der Waals surface area (Å²) in [6.07, 6.45) is 0. The molecule has 1 N–H and O–H groups in total. The third-order valence-electron chi connectivity index (χ3n) is 5.69. The van der Waals surface area contributed by atoms with E-state index in [1.807, 2.05) is 29.6 Å². The van der Waals surface area contributed by atoms with E-state index in [9.17, 15) is 0 Å². The van der Waals surface area contributed by atoms with Crippen LogP contribution in [-0.4, -0.2) is 50.4 Å². The van der Waals surface area contributed by atoms with E-state index in [2.05, 4.69) is 86.8 Å². The molecule has 1 fully saturated rings. The van der Waals surface area contributed by atoms with Crippen molar-refractivity contribution in [3.8, 4) is 0 Å². The minimum absolute atomic E-state index is 0.201. The first kappa shape index (κ1) is 23.3. The second-order valence-electron chi connectivity index (χ2n) is 8.19. The van der Waals surface area contributed by atoms with Gasteiger partial charge in [-0.2, -0.15) is 0 Å². The van der Waals surface area contributed by atoms with Crippen molar-refractivity contribution < 1.29 is 9.47 Å². The first-order chi connectivity index (χ1) is 16.2. The summed E-state index contributed by atoms with van der Waals surface area (Å²) in [4.78, 5) is 7.66. The summed E-state index contributed by atoms with van der Waals surface area (Å²) in [5.41, 5.74) is 2.34. The van der Waals surface area contributed by atoms with E-state index in [0.717, 1.165) is 43.0 Å². The van der Waals surface area contributed by atoms with Crippen LogP contribution in [0.5, 0.6) is 0 Å². The molecule has 3 aromatic carbocycles. The van der Waals surface area contributed by atoms with Gasteiger partial charge in [-0.25, -0.2) is 0 Å². The number of nitrogens with zero attached hydrogens (tertiary/aromatic N) is 1. The van der Waals surface area contributed by atoms with Crippen LogP contribution in [-0.2, 0) is 16.1 Å². The lowest BCUT2D eigenvalue weighted by Crippen LogP contribution is -2.44. The van der Waals surface area contributed by atoms with Crippen LogP contribution in [0.1, 0.15) is 5.56 Å². The molecule has 5 rings (SSSR count). The molecule has 33 heavy (non-hydrogen) atoms. The highest BCUT2D eigenvalue weighted by atomic mass is 79.9. The zero-order valence-corrected chi connectivity index (χ0v) is 21.6. The van der Waals surface area contributed by atoms with Crippen LogP contribution in [0.4, 0.5) is 5.69 Å². The lowest BCUT2D eigenvalue weighted by atomic mass is 10.2. The van der Waals surface area contributed by atoms with Crippen molar-refractivity contribution in [2.75, 3.05) is 44.8 Å². The van der Waals surface area contributed by atoms with Crippen LogP contribution in [0, 0.1) is 0 Å². The fraction of sp³-hybridized carbons (Fsp3) is 0.308. The van der Waals surface area contributed by atoms with Gasteiger partial charge in [0.25, 0.3) is 0 Å². The predicted molar refractivity (Wildman–Crippen MR) is 140 cm³/mol. The summed E-state index contributed by atoms with van der Waals surface area (Å²) < 4.78 is 12.8. The number of benzene rings is 3. The van der Waals surface area contributed by atoms with Gasteiger partial charge in [0.15, 0.2) is 0 Å². The second kappa shape index (κ2) is 11.3. The Morgan fingerprint density at radius 2 is 1.79 bits per heavy atom. The van der Waals surface area contributed by atoms with Gasteiger partial charge >= 0.3 is 0 Å². The largest absolute Gasteiger partial charge is 0.379 e. The Morgan fingerprint density at radius 3 is 2.64 bits per heavy atom. The number of fused-ring (bicyclic) bond motifs is 2. The number of anilines is 1. The third kappa shape index (κ3) is 6.15. The monoisotopic (exact) mass is 542 g/mol. The molecule has 2 heterocycles. The van der Waals surface area contributed by atoms with Crippen molar-refractivity contribution in [3.63, 3.8) is 0 Å². The molecule has 2 aliphatic rings. The molecular formula is C26H27BrN2O2S2. The van der Waals surface area contributed by atoms with Gasteiger partial charge in [0.1, 0.15) is 0 Å². The van der Waals surface area contributed by atoms with Gasteiger partial charge in [0, 0.05) is 49.4 Å². The van der Waals surface area contributed by atoms with Crippen molar-refractivity contribution in [1.82, 2.24) is 4.90 Å². The molecule has 0 radical (unpaired) electrons. The molecule has 2 aliphatic heterocycles. The molecule has 4 nitrogen and oxygen atoms in total. The summed E-state index contributed by atoms with van der Waals surface area (Å²) in [5.74, 6) is 0. The number of hydrogen-bond donors (Lipinski definition) is 1.